The molecule has 110 valence electrons. The van der Waals surface area contributed by atoms with E-state index < -0.39 is 0 Å². The summed E-state index contributed by atoms with van der Waals surface area (Å²) in [4.78, 5) is 8.61. The molecule has 19 heavy (non-hydrogen) atoms. The molecule has 1 heterocycles. The molecule has 0 bridgehead atoms. The van der Waals surface area contributed by atoms with Crippen LogP contribution in [0.15, 0.2) is 0 Å². The zero-order chi connectivity index (χ0) is 14.6. The van der Waals surface area contributed by atoms with E-state index in [0.717, 1.165) is 0 Å². The molecule has 1 aromatic rings. The van der Waals surface area contributed by atoms with Gasteiger partial charge < -0.3 is 4.98 Å². The average Bonchev–Trinajstić information content (AvgIpc) is 2.74. The van der Waals surface area contributed by atoms with Gasteiger partial charge in [-0.3, -0.25) is 0 Å². The number of imidazole rings is 1. The summed E-state index contributed by atoms with van der Waals surface area (Å²) in [7, 11) is 0. The second-order valence-electron chi connectivity index (χ2n) is 6.86. The van der Waals surface area contributed by atoms with Crippen LogP contribution in [0.1, 0.15) is 103 Å². The van der Waals surface area contributed by atoms with Crippen molar-refractivity contribution in [3.63, 3.8) is 0 Å². The Morgan fingerprint density at radius 1 is 1.11 bits per heavy atom. The van der Waals surface area contributed by atoms with Crippen molar-refractivity contribution in [3.8, 4) is 0 Å². The van der Waals surface area contributed by atoms with E-state index >= 15 is 0 Å². The number of rotatable bonds is 7. The maximum absolute atomic E-state index is 4.95. The first-order chi connectivity index (χ1) is 8.83. The molecule has 1 N–H and O–H groups in total. The summed E-state index contributed by atoms with van der Waals surface area (Å²) in [5, 5.41) is 0. The van der Waals surface area contributed by atoms with Gasteiger partial charge in [0.25, 0.3) is 0 Å². The number of hydrogen-bond acceptors (Lipinski definition) is 1. The number of hydrogen-bond donors (Lipinski definition) is 1. The third-order valence-corrected chi connectivity index (χ3v) is 4.04. The van der Waals surface area contributed by atoms with Gasteiger partial charge in [-0.25, -0.2) is 4.98 Å². The summed E-state index contributed by atoms with van der Waals surface area (Å²) < 4.78 is 0. The van der Waals surface area contributed by atoms with Crippen LogP contribution < -0.4 is 0 Å². The van der Waals surface area contributed by atoms with Gasteiger partial charge in [0, 0.05) is 11.1 Å². The maximum Gasteiger partial charge on any atom is 0.112 e. The van der Waals surface area contributed by atoms with Crippen molar-refractivity contribution in [1.82, 2.24) is 9.97 Å². The van der Waals surface area contributed by atoms with E-state index in [4.69, 9.17) is 4.98 Å². The van der Waals surface area contributed by atoms with Crippen LogP contribution in [0.2, 0.25) is 0 Å². The van der Waals surface area contributed by atoms with Crippen LogP contribution in [-0.4, -0.2) is 9.97 Å². The molecule has 0 spiro atoms. The van der Waals surface area contributed by atoms with E-state index in [1.54, 1.807) is 0 Å². The molecule has 0 amide bonds. The lowest BCUT2D eigenvalue weighted by Crippen LogP contribution is -2.18. The molecule has 0 saturated carbocycles. The summed E-state index contributed by atoms with van der Waals surface area (Å²) in [6.07, 6.45) is 4.84. The minimum atomic E-state index is 0.155. The first kappa shape index (κ1) is 16.3. The number of aromatic nitrogens is 2. The lowest BCUT2D eigenvalue weighted by Gasteiger charge is -2.21. The molecule has 2 heteroatoms. The van der Waals surface area contributed by atoms with Crippen LogP contribution in [0.4, 0.5) is 0 Å². The first-order valence-electron chi connectivity index (χ1n) is 7.93. The van der Waals surface area contributed by atoms with E-state index in [1.165, 1.54) is 42.9 Å². The van der Waals surface area contributed by atoms with Crippen molar-refractivity contribution in [2.75, 3.05) is 0 Å². The topological polar surface area (TPSA) is 28.7 Å². The monoisotopic (exact) mass is 264 g/mol. The van der Waals surface area contributed by atoms with Crippen molar-refractivity contribution in [2.45, 2.75) is 91.4 Å². The van der Waals surface area contributed by atoms with Gasteiger partial charge in [0.1, 0.15) is 5.82 Å². The Kier molecular flexibility index (Phi) is 5.64. The zero-order valence-corrected chi connectivity index (χ0v) is 13.9. The van der Waals surface area contributed by atoms with Gasteiger partial charge in [0.05, 0.1) is 5.69 Å². The van der Waals surface area contributed by atoms with E-state index in [-0.39, 0.29) is 5.41 Å². The van der Waals surface area contributed by atoms with Crippen molar-refractivity contribution in [3.05, 3.63) is 17.2 Å². The van der Waals surface area contributed by atoms with Crippen LogP contribution in [0.3, 0.4) is 0 Å². The standard InChI is InChI=1S/C17H32N2/c1-8-10-13(5)15-14(12(3)4)18-16(19-15)17(6,7)11-9-2/h12-13H,8-11H2,1-7H3,(H,18,19). The fraction of sp³-hybridized carbons (Fsp3) is 0.824. The Labute approximate surface area is 119 Å². The summed E-state index contributed by atoms with van der Waals surface area (Å²) in [5.74, 6) is 2.26. The van der Waals surface area contributed by atoms with Gasteiger partial charge in [-0.2, -0.15) is 0 Å². The van der Waals surface area contributed by atoms with Crippen molar-refractivity contribution in [2.24, 2.45) is 0 Å². The molecule has 2 nitrogen and oxygen atoms in total. The Balaban J connectivity index is 3.14. The third-order valence-electron chi connectivity index (χ3n) is 4.04. The SMILES string of the molecule is CCCC(C)c1[nH]c(C(C)(C)CCC)nc1C(C)C. The molecule has 1 atom stereocenters. The van der Waals surface area contributed by atoms with E-state index in [1.807, 2.05) is 0 Å². The summed E-state index contributed by atoms with van der Waals surface area (Å²) in [6, 6.07) is 0. The van der Waals surface area contributed by atoms with E-state index in [2.05, 4.69) is 53.5 Å². The van der Waals surface area contributed by atoms with Crippen molar-refractivity contribution < 1.29 is 0 Å². The molecule has 0 fully saturated rings. The van der Waals surface area contributed by atoms with E-state index in [9.17, 15) is 0 Å². The van der Waals surface area contributed by atoms with Crippen LogP contribution in [-0.2, 0) is 5.41 Å². The summed E-state index contributed by atoms with van der Waals surface area (Å²) in [6.45, 7) is 15.9. The lowest BCUT2D eigenvalue weighted by molar-refractivity contribution is 0.446. The second kappa shape index (κ2) is 6.58. The van der Waals surface area contributed by atoms with Crippen molar-refractivity contribution in [1.29, 1.82) is 0 Å². The molecule has 0 aromatic carbocycles. The Morgan fingerprint density at radius 2 is 1.74 bits per heavy atom. The quantitative estimate of drug-likeness (QED) is 0.690. The van der Waals surface area contributed by atoms with Gasteiger partial charge in [-0.15, -0.1) is 0 Å². The highest BCUT2D eigenvalue weighted by Crippen LogP contribution is 2.32. The predicted molar refractivity (Wildman–Crippen MR) is 83.9 cm³/mol. The normalized spacial score (nSPS) is 14.1. The third kappa shape index (κ3) is 3.84. The van der Waals surface area contributed by atoms with Crippen LogP contribution in [0.25, 0.3) is 0 Å². The Hall–Kier alpha value is -0.790. The molecule has 1 rings (SSSR count). The molecular formula is C17H32N2. The maximum atomic E-state index is 4.95. The fourth-order valence-electron chi connectivity index (χ4n) is 2.86. The summed E-state index contributed by atoms with van der Waals surface area (Å²) >= 11 is 0. The summed E-state index contributed by atoms with van der Waals surface area (Å²) in [5.41, 5.74) is 2.80. The predicted octanol–water partition coefficient (Wildman–Crippen LogP) is 5.51. The highest BCUT2D eigenvalue weighted by Gasteiger charge is 2.27. The van der Waals surface area contributed by atoms with Gasteiger partial charge in [0.15, 0.2) is 0 Å². The number of H-pyrrole nitrogens is 1. The highest BCUT2D eigenvalue weighted by molar-refractivity contribution is 5.24. The van der Waals surface area contributed by atoms with Crippen molar-refractivity contribution >= 4 is 0 Å². The molecule has 0 saturated heterocycles. The molecule has 0 aliphatic rings. The Morgan fingerprint density at radius 3 is 2.21 bits per heavy atom. The largest absolute Gasteiger partial charge is 0.345 e. The number of nitrogens with one attached hydrogen (secondary N) is 1. The van der Waals surface area contributed by atoms with Gasteiger partial charge in [-0.05, 0) is 24.7 Å². The van der Waals surface area contributed by atoms with Crippen LogP contribution >= 0.6 is 0 Å². The zero-order valence-electron chi connectivity index (χ0n) is 13.9. The van der Waals surface area contributed by atoms with Gasteiger partial charge >= 0.3 is 0 Å². The molecular weight excluding hydrogens is 232 g/mol. The smallest absolute Gasteiger partial charge is 0.112 e. The molecule has 0 radical (unpaired) electrons. The second-order valence-corrected chi connectivity index (χ2v) is 6.86. The average molecular weight is 264 g/mol. The Bertz CT molecular complexity index is 388. The molecule has 0 aliphatic heterocycles. The van der Waals surface area contributed by atoms with Crippen LogP contribution in [0, 0.1) is 0 Å². The van der Waals surface area contributed by atoms with Crippen LogP contribution in [0.5, 0.6) is 0 Å². The van der Waals surface area contributed by atoms with Gasteiger partial charge in [-0.1, -0.05) is 61.3 Å². The minimum Gasteiger partial charge on any atom is -0.345 e. The molecule has 0 aliphatic carbocycles. The number of aromatic amines is 1. The highest BCUT2D eigenvalue weighted by atomic mass is 15.0. The van der Waals surface area contributed by atoms with Gasteiger partial charge in [0.2, 0.25) is 0 Å². The number of nitrogens with zero attached hydrogens (tertiary/aromatic N) is 1. The lowest BCUT2D eigenvalue weighted by atomic mass is 9.87. The van der Waals surface area contributed by atoms with E-state index in [0.29, 0.717) is 11.8 Å². The molecule has 1 unspecified atom stereocenters. The fourth-order valence-corrected chi connectivity index (χ4v) is 2.86. The minimum absolute atomic E-state index is 0.155. The molecule has 1 aromatic heterocycles. The first-order valence-corrected chi connectivity index (χ1v) is 7.93.